The maximum absolute atomic E-state index is 4.42. The van der Waals surface area contributed by atoms with Crippen LogP contribution in [0.25, 0.3) is 11.1 Å². The Morgan fingerprint density at radius 2 is 1.35 bits per heavy atom. The van der Waals surface area contributed by atoms with E-state index in [0.717, 1.165) is 38.3 Å². The van der Waals surface area contributed by atoms with Crippen LogP contribution in [0.15, 0.2) is 108 Å². The molecule has 0 saturated carbocycles. The standard InChI is InChI=1S/C25H26S/c1-18(2)25(23-14-10-7-11-15-23)19(3)16-24(17-20(4)26)21(5)22-12-8-6-9-13-22/h6-16,26H,1,4-5,17H2,2-3H3/b24-16+,25-19-. The lowest BCUT2D eigenvalue weighted by Crippen LogP contribution is -1.94. The van der Waals surface area contributed by atoms with Crippen molar-refractivity contribution < 1.29 is 0 Å². The number of thiol groups is 1. The van der Waals surface area contributed by atoms with Crippen molar-refractivity contribution in [3.05, 3.63) is 119 Å². The smallest absolute Gasteiger partial charge is 0.00319 e. The van der Waals surface area contributed by atoms with E-state index in [1.165, 1.54) is 5.56 Å². The molecule has 132 valence electrons. The van der Waals surface area contributed by atoms with Gasteiger partial charge in [0.15, 0.2) is 0 Å². The average Bonchev–Trinajstić information content (AvgIpc) is 2.61. The molecule has 2 aromatic rings. The van der Waals surface area contributed by atoms with Crippen LogP contribution in [0.5, 0.6) is 0 Å². The number of rotatable bonds is 7. The first kappa shape index (κ1) is 19.8. The summed E-state index contributed by atoms with van der Waals surface area (Å²) in [5.41, 5.74) is 7.75. The Morgan fingerprint density at radius 1 is 0.846 bits per heavy atom. The summed E-state index contributed by atoms with van der Waals surface area (Å²) in [7, 11) is 0. The van der Waals surface area contributed by atoms with Crippen LogP contribution in [0, 0.1) is 0 Å². The molecule has 0 bridgehead atoms. The van der Waals surface area contributed by atoms with Crippen LogP contribution in [-0.4, -0.2) is 0 Å². The van der Waals surface area contributed by atoms with Gasteiger partial charge in [-0.05, 0) is 52.2 Å². The lowest BCUT2D eigenvalue weighted by atomic mass is 9.91. The van der Waals surface area contributed by atoms with Gasteiger partial charge in [-0.3, -0.25) is 0 Å². The van der Waals surface area contributed by atoms with Gasteiger partial charge in [0, 0.05) is 6.42 Å². The van der Waals surface area contributed by atoms with E-state index in [4.69, 9.17) is 0 Å². The number of hydrogen-bond acceptors (Lipinski definition) is 1. The van der Waals surface area contributed by atoms with E-state index < -0.39 is 0 Å². The van der Waals surface area contributed by atoms with Gasteiger partial charge in [0.1, 0.15) is 0 Å². The molecular formula is C25H26S. The zero-order chi connectivity index (χ0) is 19.1. The number of benzene rings is 2. The van der Waals surface area contributed by atoms with Crippen molar-refractivity contribution in [2.24, 2.45) is 0 Å². The lowest BCUT2D eigenvalue weighted by Gasteiger charge is -2.15. The zero-order valence-corrected chi connectivity index (χ0v) is 16.5. The van der Waals surface area contributed by atoms with Gasteiger partial charge in [-0.1, -0.05) is 92.0 Å². The summed E-state index contributed by atoms with van der Waals surface area (Å²) in [6.45, 7) is 16.6. The minimum Gasteiger partial charge on any atom is -0.148 e. The summed E-state index contributed by atoms with van der Waals surface area (Å²) in [5.74, 6) is 0. The van der Waals surface area contributed by atoms with Crippen molar-refractivity contribution in [1.29, 1.82) is 0 Å². The van der Waals surface area contributed by atoms with Crippen LogP contribution in [-0.2, 0) is 0 Å². The second kappa shape index (κ2) is 9.26. The van der Waals surface area contributed by atoms with Crippen LogP contribution in [0.1, 0.15) is 31.4 Å². The highest BCUT2D eigenvalue weighted by Gasteiger charge is 2.10. The Hall–Kier alpha value is -2.51. The molecule has 0 fully saturated rings. The highest BCUT2D eigenvalue weighted by atomic mass is 32.1. The molecule has 0 saturated heterocycles. The quantitative estimate of drug-likeness (QED) is 0.384. The van der Waals surface area contributed by atoms with Crippen molar-refractivity contribution in [3.8, 4) is 0 Å². The third-order valence-corrected chi connectivity index (χ3v) is 4.34. The second-order valence-corrected chi connectivity index (χ2v) is 7.09. The van der Waals surface area contributed by atoms with Gasteiger partial charge in [-0.2, -0.15) is 0 Å². The summed E-state index contributed by atoms with van der Waals surface area (Å²) < 4.78 is 0. The van der Waals surface area contributed by atoms with Gasteiger partial charge in [0.2, 0.25) is 0 Å². The van der Waals surface area contributed by atoms with E-state index >= 15 is 0 Å². The Kier molecular flexibility index (Phi) is 7.06. The topological polar surface area (TPSA) is 0 Å². The van der Waals surface area contributed by atoms with Gasteiger partial charge >= 0.3 is 0 Å². The molecule has 1 heteroatoms. The zero-order valence-electron chi connectivity index (χ0n) is 15.6. The van der Waals surface area contributed by atoms with Crippen LogP contribution in [0.3, 0.4) is 0 Å². The minimum absolute atomic E-state index is 0.673. The molecule has 26 heavy (non-hydrogen) atoms. The Bertz CT molecular complexity index is 865. The van der Waals surface area contributed by atoms with E-state index in [2.05, 4.69) is 81.8 Å². The van der Waals surface area contributed by atoms with Crippen molar-refractivity contribution in [3.63, 3.8) is 0 Å². The molecule has 0 aliphatic rings. The Labute approximate surface area is 163 Å². The summed E-state index contributed by atoms with van der Waals surface area (Å²) in [4.78, 5) is 0.817. The first-order valence-electron chi connectivity index (χ1n) is 8.64. The van der Waals surface area contributed by atoms with Gasteiger partial charge in [0.05, 0.1) is 0 Å². The molecule has 0 N–H and O–H groups in total. The van der Waals surface area contributed by atoms with Gasteiger partial charge in [-0.15, -0.1) is 12.6 Å². The molecule has 2 rings (SSSR count). The van der Waals surface area contributed by atoms with Crippen molar-refractivity contribution in [1.82, 2.24) is 0 Å². The first-order chi connectivity index (χ1) is 12.4. The summed E-state index contributed by atoms with van der Waals surface area (Å²) >= 11 is 4.42. The van der Waals surface area contributed by atoms with E-state index in [-0.39, 0.29) is 0 Å². The fourth-order valence-corrected chi connectivity index (χ4v) is 3.21. The molecule has 0 amide bonds. The van der Waals surface area contributed by atoms with Crippen molar-refractivity contribution >= 4 is 23.8 Å². The molecule has 0 spiro atoms. The largest absolute Gasteiger partial charge is 0.148 e. The van der Waals surface area contributed by atoms with E-state index in [9.17, 15) is 0 Å². The summed E-state index contributed by atoms with van der Waals surface area (Å²) in [5, 5.41) is 0. The Balaban J connectivity index is 2.55. The van der Waals surface area contributed by atoms with Gasteiger partial charge in [-0.25, -0.2) is 0 Å². The van der Waals surface area contributed by atoms with E-state index in [1.54, 1.807) is 0 Å². The maximum Gasteiger partial charge on any atom is 0.00319 e. The lowest BCUT2D eigenvalue weighted by molar-refractivity contribution is 1.26. The van der Waals surface area contributed by atoms with Crippen LogP contribution in [0.4, 0.5) is 0 Å². The molecule has 0 aliphatic carbocycles. The normalized spacial score (nSPS) is 12.3. The Morgan fingerprint density at radius 3 is 1.81 bits per heavy atom. The van der Waals surface area contributed by atoms with Crippen molar-refractivity contribution in [2.45, 2.75) is 20.3 Å². The molecule has 0 aromatic heterocycles. The predicted octanol–water partition coefficient (Wildman–Crippen LogP) is 7.51. The molecule has 0 aliphatic heterocycles. The van der Waals surface area contributed by atoms with Crippen LogP contribution >= 0.6 is 12.6 Å². The van der Waals surface area contributed by atoms with Crippen LogP contribution < -0.4 is 0 Å². The maximum atomic E-state index is 4.42. The van der Waals surface area contributed by atoms with Crippen molar-refractivity contribution in [2.75, 3.05) is 0 Å². The number of allylic oxidation sites excluding steroid dienone is 7. The summed E-state index contributed by atoms with van der Waals surface area (Å²) in [6, 6.07) is 20.6. The SMILES string of the molecule is C=C(S)C/C(=C\C(C)=C(\C(=C)C)c1ccccc1)C(=C)c1ccccc1. The highest BCUT2D eigenvalue weighted by Crippen LogP contribution is 2.32. The summed E-state index contributed by atoms with van der Waals surface area (Å²) in [6.07, 6.45) is 2.86. The second-order valence-electron chi connectivity index (χ2n) is 6.46. The third kappa shape index (κ3) is 5.24. The van der Waals surface area contributed by atoms with Gasteiger partial charge < -0.3 is 0 Å². The molecule has 0 unspecified atom stereocenters. The minimum atomic E-state index is 0.673. The number of hydrogen-bond donors (Lipinski definition) is 1. The van der Waals surface area contributed by atoms with E-state index in [0.29, 0.717) is 6.42 Å². The van der Waals surface area contributed by atoms with E-state index in [1.807, 2.05) is 31.2 Å². The third-order valence-electron chi connectivity index (χ3n) is 4.18. The van der Waals surface area contributed by atoms with Gasteiger partial charge in [0.25, 0.3) is 0 Å². The first-order valence-corrected chi connectivity index (χ1v) is 9.09. The molecular weight excluding hydrogens is 332 g/mol. The molecule has 0 nitrogen and oxygen atoms in total. The molecule has 2 aromatic carbocycles. The molecule has 0 heterocycles. The van der Waals surface area contributed by atoms with Crippen LogP contribution in [0.2, 0.25) is 0 Å². The molecule has 0 radical (unpaired) electrons. The average molecular weight is 359 g/mol. The highest BCUT2D eigenvalue weighted by molar-refractivity contribution is 7.84. The monoisotopic (exact) mass is 358 g/mol. The fourth-order valence-electron chi connectivity index (χ4n) is 3.04. The predicted molar refractivity (Wildman–Crippen MR) is 120 cm³/mol. The molecule has 0 atom stereocenters. The fraction of sp³-hybridized carbons (Fsp3) is 0.120.